The van der Waals surface area contributed by atoms with Crippen LogP contribution in [-0.4, -0.2) is 17.0 Å². The average Bonchev–Trinajstić information content (AvgIpc) is 2.65. The van der Waals surface area contributed by atoms with Crippen LogP contribution in [-0.2, 0) is 0 Å². The summed E-state index contributed by atoms with van der Waals surface area (Å²) in [4.78, 5) is 9.41. The molecule has 2 aromatic rings. The van der Waals surface area contributed by atoms with Gasteiger partial charge in [-0.3, -0.25) is 0 Å². The third-order valence-electron chi connectivity index (χ3n) is 1.75. The Bertz CT molecular complexity index is 441. The van der Waals surface area contributed by atoms with Crippen molar-refractivity contribution in [1.82, 2.24) is 9.97 Å². The van der Waals surface area contributed by atoms with Crippen molar-refractivity contribution in [3.63, 3.8) is 0 Å². The van der Waals surface area contributed by atoms with Crippen LogP contribution in [0.3, 0.4) is 0 Å². The molecule has 5 heteroatoms. The Morgan fingerprint density at radius 1 is 1.36 bits per heavy atom. The number of thiophene rings is 1. The number of hydrogen-bond donors (Lipinski definition) is 1. The molecule has 0 unspecified atom stereocenters. The minimum absolute atomic E-state index is 0.833. The fraction of sp³-hybridized carbons (Fsp3) is 0.111. The highest BCUT2D eigenvalue weighted by atomic mass is 79.9. The van der Waals surface area contributed by atoms with E-state index in [1.807, 2.05) is 25.2 Å². The van der Waals surface area contributed by atoms with Crippen molar-refractivity contribution in [1.29, 1.82) is 0 Å². The van der Waals surface area contributed by atoms with E-state index in [4.69, 9.17) is 0 Å². The zero-order valence-corrected chi connectivity index (χ0v) is 9.89. The molecule has 3 nitrogen and oxygen atoms in total. The number of anilines is 1. The Balaban J connectivity index is 2.41. The average molecular weight is 270 g/mol. The normalized spacial score (nSPS) is 10.1. The maximum atomic E-state index is 4.21. The van der Waals surface area contributed by atoms with Gasteiger partial charge in [0.25, 0.3) is 0 Å². The van der Waals surface area contributed by atoms with Gasteiger partial charge in [-0.1, -0.05) is 0 Å². The lowest BCUT2D eigenvalue weighted by Gasteiger charge is -1.99. The second-order valence-electron chi connectivity index (χ2n) is 2.64. The first-order chi connectivity index (χ1) is 6.79. The molecule has 0 fully saturated rings. The molecule has 0 amide bonds. The SMILES string of the molecule is CNc1cc(-c2ccc(Br)s2)ncn1. The number of nitrogens with zero attached hydrogens (tertiary/aromatic N) is 2. The molecule has 0 radical (unpaired) electrons. The van der Waals surface area contributed by atoms with Crippen LogP contribution in [0.4, 0.5) is 5.82 Å². The lowest BCUT2D eigenvalue weighted by Crippen LogP contribution is -1.93. The van der Waals surface area contributed by atoms with E-state index in [1.54, 1.807) is 17.7 Å². The molecule has 0 atom stereocenters. The van der Waals surface area contributed by atoms with Crippen LogP contribution < -0.4 is 5.32 Å². The van der Waals surface area contributed by atoms with Crippen molar-refractivity contribution in [2.45, 2.75) is 0 Å². The highest BCUT2D eigenvalue weighted by Crippen LogP contribution is 2.30. The molecule has 2 aromatic heterocycles. The van der Waals surface area contributed by atoms with E-state index < -0.39 is 0 Å². The van der Waals surface area contributed by atoms with E-state index >= 15 is 0 Å². The first kappa shape index (κ1) is 9.61. The van der Waals surface area contributed by atoms with Crippen molar-refractivity contribution in [3.05, 3.63) is 28.3 Å². The van der Waals surface area contributed by atoms with Gasteiger partial charge in [0.1, 0.15) is 12.1 Å². The predicted octanol–water partition coefficient (Wildman–Crippen LogP) is 3.01. The summed E-state index contributed by atoms with van der Waals surface area (Å²) in [6.07, 6.45) is 1.56. The fourth-order valence-corrected chi connectivity index (χ4v) is 2.43. The molecular formula is C9H8BrN3S. The number of nitrogens with one attached hydrogen (secondary N) is 1. The van der Waals surface area contributed by atoms with Crippen molar-refractivity contribution in [2.24, 2.45) is 0 Å². The molecular weight excluding hydrogens is 262 g/mol. The first-order valence-electron chi connectivity index (χ1n) is 4.05. The van der Waals surface area contributed by atoms with Gasteiger partial charge in [0.2, 0.25) is 0 Å². The van der Waals surface area contributed by atoms with Gasteiger partial charge in [0, 0.05) is 13.1 Å². The van der Waals surface area contributed by atoms with Crippen molar-refractivity contribution < 1.29 is 0 Å². The molecule has 0 saturated carbocycles. The molecule has 1 N–H and O–H groups in total. The monoisotopic (exact) mass is 269 g/mol. The molecule has 0 spiro atoms. The first-order valence-corrected chi connectivity index (χ1v) is 5.66. The number of rotatable bonds is 2. The summed E-state index contributed by atoms with van der Waals surface area (Å²) >= 11 is 5.08. The summed E-state index contributed by atoms with van der Waals surface area (Å²) in [5.41, 5.74) is 0.944. The predicted molar refractivity (Wildman–Crippen MR) is 62.6 cm³/mol. The standard InChI is InChI=1S/C9H8BrN3S/c1-11-9-4-6(12-5-13-9)7-2-3-8(10)14-7/h2-5H,1H3,(H,11,12,13). The summed E-state index contributed by atoms with van der Waals surface area (Å²) in [7, 11) is 1.84. The van der Waals surface area contributed by atoms with Crippen LogP contribution in [0.5, 0.6) is 0 Å². The topological polar surface area (TPSA) is 37.8 Å². The van der Waals surface area contributed by atoms with E-state index in [0.29, 0.717) is 0 Å². The molecule has 0 aliphatic rings. The Morgan fingerprint density at radius 2 is 2.21 bits per heavy atom. The van der Waals surface area contributed by atoms with Crippen LogP contribution in [0, 0.1) is 0 Å². The summed E-state index contributed by atoms with van der Waals surface area (Å²) < 4.78 is 1.11. The molecule has 0 saturated heterocycles. The largest absolute Gasteiger partial charge is 0.373 e. The van der Waals surface area contributed by atoms with E-state index in [2.05, 4.69) is 31.2 Å². The van der Waals surface area contributed by atoms with Crippen LogP contribution >= 0.6 is 27.3 Å². The molecule has 0 bridgehead atoms. The fourth-order valence-electron chi connectivity index (χ4n) is 1.08. The zero-order chi connectivity index (χ0) is 9.97. The van der Waals surface area contributed by atoms with Gasteiger partial charge in [-0.05, 0) is 28.1 Å². The van der Waals surface area contributed by atoms with Crippen LogP contribution in [0.1, 0.15) is 0 Å². The Hall–Kier alpha value is -0.940. The summed E-state index contributed by atoms with van der Waals surface area (Å²) in [5, 5.41) is 2.99. The van der Waals surface area contributed by atoms with Crippen molar-refractivity contribution in [2.75, 3.05) is 12.4 Å². The van der Waals surface area contributed by atoms with Crippen LogP contribution in [0.2, 0.25) is 0 Å². The Morgan fingerprint density at radius 3 is 2.86 bits per heavy atom. The molecule has 2 rings (SSSR count). The summed E-state index contributed by atoms with van der Waals surface area (Å²) in [6, 6.07) is 5.98. The molecule has 2 heterocycles. The van der Waals surface area contributed by atoms with Gasteiger partial charge < -0.3 is 5.32 Å². The molecule has 0 aliphatic heterocycles. The lowest BCUT2D eigenvalue weighted by atomic mass is 10.3. The summed E-state index contributed by atoms with van der Waals surface area (Å²) in [6.45, 7) is 0. The molecule has 14 heavy (non-hydrogen) atoms. The van der Waals surface area contributed by atoms with Crippen LogP contribution in [0.25, 0.3) is 10.6 Å². The van der Waals surface area contributed by atoms with Gasteiger partial charge >= 0.3 is 0 Å². The third kappa shape index (κ3) is 1.93. The van der Waals surface area contributed by atoms with E-state index in [-0.39, 0.29) is 0 Å². The van der Waals surface area contributed by atoms with Gasteiger partial charge in [0.05, 0.1) is 14.4 Å². The van der Waals surface area contributed by atoms with Gasteiger partial charge in [-0.25, -0.2) is 9.97 Å². The Kier molecular flexibility index (Phi) is 2.79. The van der Waals surface area contributed by atoms with Gasteiger partial charge in [0.15, 0.2) is 0 Å². The third-order valence-corrected chi connectivity index (χ3v) is 3.40. The summed E-state index contributed by atoms with van der Waals surface area (Å²) in [5.74, 6) is 0.833. The second-order valence-corrected chi connectivity index (χ2v) is 5.11. The Labute approximate surface area is 94.4 Å². The van der Waals surface area contributed by atoms with E-state index in [9.17, 15) is 0 Å². The highest BCUT2D eigenvalue weighted by molar-refractivity contribution is 9.11. The van der Waals surface area contributed by atoms with E-state index in [0.717, 1.165) is 20.2 Å². The number of halogens is 1. The van der Waals surface area contributed by atoms with Crippen molar-refractivity contribution in [3.8, 4) is 10.6 Å². The quantitative estimate of drug-likeness (QED) is 0.911. The van der Waals surface area contributed by atoms with Gasteiger partial charge in [-0.2, -0.15) is 0 Å². The molecule has 72 valence electrons. The highest BCUT2D eigenvalue weighted by Gasteiger charge is 2.03. The minimum Gasteiger partial charge on any atom is -0.373 e. The zero-order valence-electron chi connectivity index (χ0n) is 7.49. The second kappa shape index (κ2) is 4.06. The number of aromatic nitrogens is 2. The maximum Gasteiger partial charge on any atom is 0.129 e. The van der Waals surface area contributed by atoms with Gasteiger partial charge in [-0.15, -0.1) is 11.3 Å². The lowest BCUT2D eigenvalue weighted by molar-refractivity contribution is 1.17. The maximum absolute atomic E-state index is 4.21. The molecule has 0 aromatic carbocycles. The smallest absolute Gasteiger partial charge is 0.129 e. The van der Waals surface area contributed by atoms with E-state index in [1.165, 1.54) is 0 Å². The molecule has 0 aliphatic carbocycles. The number of hydrogen-bond acceptors (Lipinski definition) is 4. The minimum atomic E-state index is 0.833. The van der Waals surface area contributed by atoms with Crippen molar-refractivity contribution >= 4 is 33.1 Å². The van der Waals surface area contributed by atoms with Crippen LogP contribution in [0.15, 0.2) is 28.3 Å².